The van der Waals surface area contributed by atoms with Crippen LogP contribution < -0.4 is 0 Å². The fourth-order valence-corrected chi connectivity index (χ4v) is 3.52. The SMILES string of the molecule is C=CCN(CC=C)C(=O)COC(=O)c1ccc2c(c1Cl)C(=O)c1ccccc1C2=O. The minimum absolute atomic E-state index is 0.0407. The number of esters is 1. The highest BCUT2D eigenvalue weighted by Gasteiger charge is 2.33. The quantitative estimate of drug-likeness (QED) is 0.429. The third kappa shape index (κ3) is 3.82. The zero-order chi connectivity index (χ0) is 21.8. The molecule has 0 radical (unpaired) electrons. The van der Waals surface area contributed by atoms with Crippen LogP contribution in [0.15, 0.2) is 61.7 Å². The Morgan fingerprint density at radius 3 is 2.13 bits per heavy atom. The van der Waals surface area contributed by atoms with Gasteiger partial charge in [0.1, 0.15) is 0 Å². The topological polar surface area (TPSA) is 80.8 Å². The average Bonchev–Trinajstić information content (AvgIpc) is 2.75. The first-order chi connectivity index (χ1) is 14.4. The molecule has 30 heavy (non-hydrogen) atoms. The van der Waals surface area contributed by atoms with E-state index in [1.54, 1.807) is 30.4 Å². The van der Waals surface area contributed by atoms with E-state index >= 15 is 0 Å². The van der Waals surface area contributed by atoms with E-state index in [-0.39, 0.29) is 51.7 Å². The summed E-state index contributed by atoms with van der Waals surface area (Å²) in [5, 5.41) is -0.174. The van der Waals surface area contributed by atoms with Crippen molar-refractivity contribution in [3.63, 3.8) is 0 Å². The molecule has 2 aromatic carbocycles. The molecule has 0 bridgehead atoms. The van der Waals surface area contributed by atoms with Crippen LogP contribution in [0, 0.1) is 0 Å². The molecule has 0 N–H and O–H groups in total. The van der Waals surface area contributed by atoms with Gasteiger partial charge in [0.25, 0.3) is 5.91 Å². The summed E-state index contributed by atoms with van der Waals surface area (Å²) in [4.78, 5) is 51.7. The molecule has 0 spiro atoms. The number of fused-ring (bicyclic) bond motifs is 2. The lowest BCUT2D eigenvalue weighted by Gasteiger charge is -2.20. The molecule has 0 fully saturated rings. The molecule has 1 aliphatic carbocycles. The van der Waals surface area contributed by atoms with Crippen LogP contribution in [0.25, 0.3) is 0 Å². The van der Waals surface area contributed by atoms with Crippen LogP contribution >= 0.6 is 11.6 Å². The van der Waals surface area contributed by atoms with Gasteiger partial charge >= 0.3 is 5.97 Å². The minimum Gasteiger partial charge on any atom is -0.452 e. The lowest BCUT2D eigenvalue weighted by molar-refractivity contribution is -0.133. The molecule has 0 aliphatic heterocycles. The van der Waals surface area contributed by atoms with Gasteiger partial charge in [-0.25, -0.2) is 4.79 Å². The van der Waals surface area contributed by atoms with E-state index in [4.69, 9.17) is 16.3 Å². The molecule has 152 valence electrons. The maximum absolute atomic E-state index is 12.9. The fourth-order valence-electron chi connectivity index (χ4n) is 3.19. The zero-order valence-electron chi connectivity index (χ0n) is 16.0. The van der Waals surface area contributed by atoms with Crippen molar-refractivity contribution in [2.24, 2.45) is 0 Å². The van der Waals surface area contributed by atoms with E-state index in [0.29, 0.717) is 0 Å². The Labute approximate surface area is 178 Å². The molecule has 0 saturated carbocycles. The van der Waals surface area contributed by atoms with Gasteiger partial charge < -0.3 is 9.64 Å². The lowest BCUT2D eigenvalue weighted by Crippen LogP contribution is -2.35. The second-order valence-corrected chi connectivity index (χ2v) is 6.88. The predicted octanol–water partition coefficient (Wildman–Crippen LogP) is 3.47. The molecule has 0 aromatic heterocycles. The number of ether oxygens (including phenoxy) is 1. The number of nitrogens with zero attached hydrogens (tertiary/aromatic N) is 1. The zero-order valence-corrected chi connectivity index (χ0v) is 16.8. The summed E-state index contributed by atoms with van der Waals surface area (Å²) >= 11 is 6.33. The van der Waals surface area contributed by atoms with E-state index in [1.165, 1.54) is 23.1 Å². The van der Waals surface area contributed by atoms with Crippen LogP contribution in [0.2, 0.25) is 5.02 Å². The number of carbonyl (C=O) groups excluding carboxylic acids is 4. The molecular weight excluding hydrogens is 406 g/mol. The Kier molecular flexibility index (Phi) is 6.28. The van der Waals surface area contributed by atoms with E-state index in [9.17, 15) is 19.2 Å². The third-order valence-corrected chi connectivity index (χ3v) is 5.02. The van der Waals surface area contributed by atoms with Crippen molar-refractivity contribution in [3.8, 4) is 0 Å². The van der Waals surface area contributed by atoms with E-state index in [1.807, 2.05) is 0 Å². The van der Waals surface area contributed by atoms with E-state index < -0.39 is 24.3 Å². The van der Waals surface area contributed by atoms with Gasteiger partial charge in [0.05, 0.1) is 16.1 Å². The van der Waals surface area contributed by atoms with Gasteiger partial charge in [-0.05, 0) is 12.1 Å². The van der Waals surface area contributed by atoms with Gasteiger partial charge in [0.2, 0.25) is 0 Å². The van der Waals surface area contributed by atoms with Crippen LogP contribution in [0.4, 0.5) is 0 Å². The summed E-state index contributed by atoms with van der Waals surface area (Å²) in [6.07, 6.45) is 3.09. The van der Waals surface area contributed by atoms with Crippen molar-refractivity contribution in [1.29, 1.82) is 0 Å². The van der Waals surface area contributed by atoms with Crippen molar-refractivity contribution >= 4 is 35.0 Å². The van der Waals surface area contributed by atoms with Crippen molar-refractivity contribution < 1.29 is 23.9 Å². The normalized spacial score (nSPS) is 11.9. The third-order valence-electron chi connectivity index (χ3n) is 4.63. The Balaban J connectivity index is 1.85. The Morgan fingerprint density at radius 2 is 1.53 bits per heavy atom. The van der Waals surface area contributed by atoms with Crippen molar-refractivity contribution in [3.05, 3.63) is 94.5 Å². The lowest BCUT2D eigenvalue weighted by atomic mass is 9.83. The van der Waals surface area contributed by atoms with Gasteiger partial charge in [-0.1, -0.05) is 48.0 Å². The maximum Gasteiger partial charge on any atom is 0.340 e. The standard InChI is InChI=1S/C23H18ClNO5/c1-3-11-25(12-4-2)18(26)13-30-23(29)17-10-9-16-19(20(17)24)22(28)15-8-6-5-7-14(15)21(16)27/h3-10H,1-2,11-13H2. The summed E-state index contributed by atoms with van der Waals surface area (Å²) in [6.45, 7) is 7.20. The number of benzene rings is 2. The number of hydrogen-bond acceptors (Lipinski definition) is 5. The van der Waals surface area contributed by atoms with Gasteiger partial charge in [-0.3, -0.25) is 14.4 Å². The second kappa shape index (κ2) is 8.88. The van der Waals surface area contributed by atoms with Gasteiger partial charge in [-0.15, -0.1) is 13.2 Å². The number of hydrogen-bond donors (Lipinski definition) is 0. The van der Waals surface area contributed by atoms with Crippen LogP contribution in [-0.2, 0) is 9.53 Å². The van der Waals surface area contributed by atoms with Gasteiger partial charge in [0, 0.05) is 29.8 Å². The highest BCUT2D eigenvalue weighted by atomic mass is 35.5. The molecule has 0 atom stereocenters. The highest BCUT2D eigenvalue weighted by molar-refractivity contribution is 6.41. The summed E-state index contributed by atoms with van der Waals surface area (Å²) in [7, 11) is 0. The molecule has 1 aliphatic rings. The number of ketones is 2. The predicted molar refractivity (Wildman–Crippen MR) is 112 cm³/mol. The molecule has 3 rings (SSSR count). The highest BCUT2D eigenvalue weighted by Crippen LogP contribution is 2.34. The number of halogens is 1. The summed E-state index contributed by atoms with van der Waals surface area (Å²) in [5.74, 6) is -2.09. The summed E-state index contributed by atoms with van der Waals surface area (Å²) in [6, 6.07) is 9.10. The molecule has 0 saturated heterocycles. The number of carbonyl (C=O) groups is 4. The molecule has 2 aromatic rings. The number of amides is 1. The Bertz CT molecular complexity index is 1080. The molecule has 0 unspecified atom stereocenters. The van der Waals surface area contributed by atoms with Gasteiger partial charge in [-0.2, -0.15) is 0 Å². The van der Waals surface area contributed by atoms with E-state index in [2.05, 4.69) is 13.2 Å². The summed E-state index contributed by atoms with van der Waals surface area (Å²) < 4.78 is 5.09. The molecule has 0 heterocycles. The Morgan fingerprint density at radius 1 is 0.933 bits per heavy atom. The molecule has 7 heteroatoms. The first-order valence-corrected chi connectivity index (χ1v) is 9.46. The van der Waals surface area contributed by atoms with Crippen LogP contribution in [0.3, 0.4) is 0 Å². The minimum atomic E-state index is -0.868. The second-order valence-electron chi connectivity index (χ2n) is 6.51. The smallest absolute Gasteiger partial charge is 0.340 e. The maximum atomic E-state index is 12.9. The summed E-state index contributed by atoms with van der Waals surface area (Å²) in [5.41, 5.74) is 0.502. The van der Waals surface area contributed by atoms with Gasteiger partial charge in [0.15, 0.2) is 18.2 Å². The molecule has 1 amide bonds. The van der Waals surface area contributed by atoms with Crippen molar-refractivity contribution in [2.45, 2.75) is 0 Å². The van der Waals surface area contributed by atoms with Crippen LogP contribution in [0.5, 0.6) is 0 Å². The van der Waals surface area contributed by atoms with E-state index in [0.717, 1.165) is 0 Å². The van der Waals surface area contributed by atoms with Crippen LogP contribution in [-0.4, -0.2) is 48.0 Å². The Hall–Kier alpha value is -3.51. The van der Waals surface area contributed by atoms with Crippen molar-refractivity contribution in [2.75, 3.05) is 19.7 Å². The monoisotopic (exact) mass is 423 g/mol. The molecular formula is C23H18ClNO5. The largest absolute Gasteiger partial charge is 0.452 e. The van der Waals surface area contributed by atoms with Crippen LogP contribution in [0.1, 0.15) is 42.2 Å². The first kappa shape index (κ1) is 21.2. The van der Waals surface area contributed by atoms with Crippen molar-refractivity contribution in [1.82, 2.24) is 4.90 Å². The first-order valence-electron chi connectivity index (χ1n) is 9.08. The number of rotatable bonds is 7. The molecule has 6 nitrogen and oxygen atoms in total. The fraction of sp³-hybridized carbons (Fsp3) is 0.130. The average molecular weight is 424 g/mol.